The highest BCUT2D eigenvalue weighted by Crippen LogP contribution is 2.49. The molecule has 2 unspecified atom stereocenters. The van der Waals surface area contributed by atoms with Crippen LogP contribution in [0.4, 0.5) is 5.82 Å². The average Bonchev–Trinajstić information content (AvgIpc) is 3.54. The molecule has 0 radical (unpaired) electrons. The van der Waals surface area contributed by atoms with Gasteiger partial charge in [-0.15, -0.1) is 23.1 Å². The van der Waals surface area contributed by atoms with Crippen molar-refractivity contribution in [3.05, 3.63) is 88.1 Å². The van der Waals surface area contributed by atoms with Crippen molar-refractivity contribution in [1.82, 2.24) is 15.1 Å². The van der Waals surface area contributed by atoms with E-state index in [1.807, 2.05) is 73.1 Å². The Morgan fingerprint density at radius 3 is 2.55 bits per heavy atom. The molecule has 2 aromatic carbocycles. The first-order valence-corrected chi connectivity index (χ1v) is 14.8. The fraction of sp³-hybridized carbons (Fsp3) is 0.300. The predicted molar refractivity (Wildman–Crippen MR) is 157 cm³/mol. The fourth-order valence-corrected chi connectivity index (χ4v) is 6.72. The zero-order valence-corrected chi connectivity index (χ0v) is 23.7. The maximum absolute atomic E-state index is 13.7. The number of aromatic nitrogens is 2. The second-order valence-electron chi connectivity index (χ2n) is 9.99. The number of hydrogen-bond acceptors (Lipinski definition) is 5. The van der Waals surface area contributed by atoms with E-state index in [0.717, 1.165) is 32.9 Å². The molecule has 8 heteroatoms. The molecule has 0 saturated heterocycles. The minimum absolute atomic E-state index is 0.00106. The van der Waals surface area contributed by atoms with Gasteiger partial charge in [-0.1, -0.05) is 62.4 Å². The first kappa shape index (κ1) is 26.3. The molecule has 0 bridgehead atoms. The van der Waals surface area contributed by atoms with Gasteiger partial charge in [-0.3, -0.25) is 14.5 Å². The van der Waals surface area contributed by atoms with Gasteiger partial charge in [0.05, 0.1) is 22.4 Å². The number of aryl methyl sites for hydroxylation is 1. The summed E-state index contributed by atoms with van der Waals surface area (Å²) in [6, 6.07) is 22.3. The van der Waals surface area contributed by atoms with Crippen molar-refractivity contribution < 1.29 is 9.59 Å². The zero-order valence-electron chi connectivity index (χ0n) is 22.0. The number of thioether (sulfide) groups is 1. The van der Waals surface area contributed by atoms with E-state index in [1.165, 1.54) is 0 Å². The standard InChI is InChI=1S/C30H32N4O2S2/c1-19(2)21(4)31-25(35)17-33-26(36)18-38-29(24-14-9-15-37-24)27-28(22-11-6-5-7-12-22)32-34(30(27)33)23-13-8-10-20(3)16-23/h5-16,19,21,29H,17-18H2,1-4H3,(H,31,35). The van der Waals surface area contributed by atoms with Crippen LogP contribution in [0.1, 0.15) is 42.0 Å². The van der Waals surface area contributed by atoms with Crippen LogP contribution in [0.15, 0.2) is 72.1 Å². The van der Waals surface area contributed by atoms with E-state index in [4.69, 9.17) is 5.10 Å². The second kappa shape index (κ2) is 11.2. The summed E-state index contributed by atoms with van der Waals surface area (Å²) in [4.78, 5) is 29.8. The lowest BCUT2D eigenvalue weighted by Crippen LogP contribution is -2.46. The van der Waals surface area contributed by atoms with E-state index in [2.05, 4.69) is 36.7 Å². The zero-order chi connectivity index (χ0) is 26.8. The molecule has 2 aromatic heterocycles. The van der Waals surface area contributed by atoms with Crippen molar-refractivity contribution in [2.75, 3.05) is 17.2 Å². The number of hydrogen-bond donors (Lipinski definition) is 1. The third-order valence-electron chi connectivity index (χ3n) is 6.87. The molecule has 5 rings (SSSR count). The molecule has 1 N–H and O–H groups in total. The first-order chi connectivity index (χ1) is 18.3. The highest BCUT2D eigenvalue weighted by Gasteiger charge is 2.38. The maximum atomic E-state index is 13.7. The number of carbonyl (C=O) groups excluding carboxylic acids is 2. The number of rotatable bonds is 7. The van der Waals surface area contributed by atoms with Crippen LogP contribution in [0.5, 0.6) is 0 Å². The van der Waals surface area contributed by atoms with Gasteiger partial charge in [0.2, 0.25) is 11.8 Å². The van der Waals surface area contributed by atoms with Crippen molar-refractivity contribution in [2.24, 2.45) is 5.92 Å². The smallest absolute Gasteiger partial charge is 0.240 e. The Kier molecular flexibility index (Phi) is 7.72. The summed E-state index contributed by atoms with van der Waals surface area (Å²) in [5.41, 5.74) is 4.70. The first-order valence-electron chi connectivity index (χ1n) is 12.8. The molecule has 0 aliphatic carbocycles. The van der Waals surface area contributed by atoms with Gasteiger partial charge < -0.3 is 5.32 Å². The molecule has 2 amide bonds. The lowest BCUT2D eigenvalue weighted by Gasteiger charge is -2.25. The van der Waals surface area contributed by atoms with Crippen molar-refractivity contribution in [1.29, 1.82) is 0 Å². The molecule has 196 valence electrons. The largest absolute Gasteiger partial charge is 0.352 e. The molecular weight excluding hydrogens is 512 g/mol. The molecule has 1 aliphatic rings. The topological polar surface area (TPSA) is 67.2 Å². The summed E-state index contributed by atoms with van der Waals surface area (Å²) in [6.45, 7) is 8.11. The van der Waals surface area contributed by atoms with E-state index in [0.29, 0.717) is 5.82 Å². The van der Waals surface area contributed by atoms with Gasteiger partial charge in [-0.2, -0.15) is 5.10 Å². The van der Waals surface area contributed by atoms with Gasteiger partial charge in [0, 0.05) is 22.0 Å². The SMILES string of the molecule is Cc1cccc(-n2nc(-c3ccccc3)c3c2N(CC(=O)NC(C)C(C)C)C(=O)CSC3c2cccs2)c1. The number of fused-ring (bicyclic) bond motifs is 1. The number of thiophene rings is 1. The Morgan fingerprint density at radius 2 is 1.87 bits per heavy atom. The lowest BCUT2D eigenvalue weighted by atomic mass is 10.0. The van der Waals surface area contributed by atoms with Crippen LogP contribution in [0.3, 0.4) is 0 Å². The fourth-order valence-electron chi connectivity index (χ4n) is 4.54. The van der Waals surface area contributed by atoms with Crippen LogP contribution in [0.25, 0.3) is 16.9 Å². The van der Waals surface area contributed by atoms with E-state index in [1.54, 1.807) is 28.0 Å². The molecular formula is C30H32N4O2S2. The van der Waals surface area contributed by atoms with Gasteiger partial charge >= 0.3 is 0 Å². The Morgan fingerprint density at radius 1 is 1.08 bits per heavy atom. The normalized spacial score (nSPS) is 16.3. The minimum Gasteiger partial charge on any atom is -0.352 e. The number of nitrogens with zero attached hydrogens (tertiary/aromatic N) is 3. The third kappa shape index (κ3) is 5.28. The van der Waals surface area contributed by atoms with Gasteiger partial charge in [0.25, 0.3) is 0 Å². The van der Waals surface area contributed by atoms with Gasteiger partial charge in [-0.25, -0.2) is 4.68 Å². The monoisotopic (exact) mass is 544 g/mol. The lowest BCUT2D eigenvalue weighted by molar-refractivity contribution is -0.123. The van der Waals surface area contributed by atoms with Crippen molar-refractivity contribution >= 4 is 40.7 Å². The van der Waals surface area contributed by atoms with Gasteiger partial charge in [0.1, 0.15) is 12.4 Å². The Hall–Kier alpha value is -3.36. The van der Waals surface area contributed by atoms with Gasteiger partial charge in [0.15, 0.2) is 0 Å². The Balaban J connectivity index is 1.74. The highest BCUT2D eigenvalue weighted by atomic mass is 32.2. The summed E-state index contributed by atoms with van der Waals surface area (Å²) >= 11 is 3.27. The summed E-state index contributed by atoms with van der Waals surface area (Å²) < 4.78 is 1.86. The van der Waals surface area contributed by atoms with Crippen LogP contribution >= 0.6 is 23.1 Å². The minimum atomic E-state index is -0.177. The predicted octanol–water partition coefficient (Wildman–Crippen LogP) is 6.24. The Labute approximate surface area is 232 Å². The summed E-state index contributed by atoms with van der Waals surface area (Å²) in [5.74, 6) is 0.942. The summed E-state index contributed by atoms with van der Waals surface area (Å²) in [5, 5.41) is 10.2. The van der Waals surface area contributed by atoms with Crippen LogP contribution in [-0.2, 0) is 9.59 Å². The molecule has 38 heavy (non-hydrogen) atoms. The average molecular weight is 545 g/mol. The van der Waals surface area contributed by atoms with E-state index >= 15 is 0 Å². The van der Waals surface area contributed by atoms with E-state index in [9.17, 15) is 9.59 Å². The molecule has 0 fully saturated rings. The van der Waals surface area contributed by atoms with Crippen molar-refractivity contribution in [3.63, 3.8) is 0 Å². The number of amides is 2. The number of nitrogens with one attached hydrogen (secondary N) is 1. The van der Waals surface area contributed by atoms with Crippen molar-refractivity contribution in [3.8, 4) is 16.9 Å². The molecule has 3 heterocycles. The van der Waals surface area contributed by atoms with Gasteiger partial charge in [-0.05, 0) is 48.9 Å². The molecule has 0 spiro atoms. The molecule has 6 nitrogen and oxygen atoms in total. The second-order valence-corrected chi connectivity index (χ2v) is 12.1. The summed E-state index contributed by atoms with van der Waals surface area (Å²) in [7, 11) is 0. The van der Waals surface area contributed by atoms with Crippen LogP contribution in [-0.4, -0.2) is 39.9 Å². The summed E-state index contributed by atoms with van der Waals surface area (Å²) in [6.07, 6.45) is 0. The highest BCUT2D eigenvalue weighted by molar-refractivity contribution is 8.00. The van der Waals surface area contributed by atoms with Crippen LogP contribution in [0.2, 0.25) is 0 Å². The van der Waals surface area contributed by atoms with E-state index in [-0.39, 0.29) is 41.3 Å². The molecule has 4 aromatic rings. The quantitative estimate of drug-likeness (QED) is 0.299. The number of anilines is 1. The number of benzene rings is 2. The van der Waals surface area contributed by atoms with E-state index < -0.39 is 0 Å². The van der Waals surface area contributed by atoms with Crippen LogP contribution in [0, 0.1) is 12.8 Å². The molecule has 1 aliphatic heterocycles. The third-order valence-corrected chi connectivity index (χ3v) is 9.20. The molecule has 0 saturated carbocycles. The van der Waals surface area contributed by atoms with Crippen molar-refractivity contribution in [2.45, 2.75) is 39.0 Å². The molecule has 2 atom stereocenters. The maximum Gasteiger partial charge on any atom is 0.240 e. The van der Waals surface area contributed by atoms with Crippen LogP contribution < -0.4 is 10.2 Å². The Bertz CT molecular complexity index is 1430. The number of carbonyl (C=O) groups is 2.